The smallest absolute Gasteiger partial charge is 0.239 e. The predicted octanol–water partition coefficient (Wildman–Crippen LogP) is 1.01. The SMILES string of the molecule is CCC(CO)NC(=O)CN(C)c1ccccc1. The van der Waals surface area contributed by atoms with Crippen molar-refractivity contribution in [3.05, 3.63) is 30.3 Å². The minimum Gasteiger partial charge on any atom is -0.394 e. The number of aliphatic hydroxyl groups excluding tert-OH is 1. The third-order valence-electron chi connectivity index (χ3n) is 2.66. The highest BCUT2D eigenvalue weighted by Gasteiger charge is 2.11. The Balaban J connectivity index is 2.46. The van der Waals surface area contributed by atoms with Gasteiger partial charge in [-0.25, -0.2) is 0 Å². The number of rotatable bonds is 6. The molecule has 0 spiro atoms. The number of hydrogen-bond donors (Lipinski definition) is 2. The molecule has 1 amide bonds. The molecule has 1 atom stereocenters. The highest BCUT2D eigenvalue weighted by Crippen LogP contribution is 2.10. The Morgan fingerprint density at radius 2 is 2.06 bits per heavy atom. The van der Waals surface area contributed by atoms with Crippen molar-refractivity contribution >= 4 is 11.6 Å². The van der Waals surface area contributed by atoms with E-state index in [2.05, 4.69) is 5.32 Å². The Labute approximate surface area is 102 Å². The fraction of sp³-hybridized carbons (Fsp3) is 0.462. The van der Waals surface area contributed by atoms with Gasteiger partial charge in [0.15, 0.2) is 0 Å². The lowest BCUT2D eigenvalue weighted by atomic mass is 10.2. The fourth-order valence-corrected chi connectivity index (χ4v) is 1.54. The molecule has 0 aliphatic carbocycles. The van der Waals surface area contributed by atoms with Gasteiger partial charge < -0.3 is 15.3 Å². The van der Waals surface area contributed by atoms with Crippen LogP contribution in [0.15, 0.2) is 30.3 Å². The highest BCUT2D eigenvalue weighted by atomic mass is 16.3. The molecule has 0 aliphatic heterocycles. The van der Waals surface area contributed by atoms with Gasteiger partial charge in [-0.3, -0.25) is 4.79 Å². The summed E-state index contributed by atoms with van der Waals surface area (Å²) in [5.74, 6) is -0.0720. The first kappa shape index (κ1) is 13.5. The second-order valence-electron chi connectivity index (χ2n) is 4.05. The molecular weight excluding hydrogens is 216 g/mol. The van der Waals surface area contributed by atoms with Gasteiger partial charge in [-0.2, -0.15) is 0 Å². The van der Waals surface area contributed by atoms with E-state index in [1.54, 1.807) is 0 Å². The van der Waals surface area contributed by atoms with Crippen LogP contribution in [0.1, 0.15) is 13.3 Å². The molecule has 1 aromatic carbocycles. The molecule has 0 saturated heterocycles. The van der Waals surface area contributed by atoms with Crippen LogP contribution in [0.3, 0.4) is 0 Å². The number of amides is 1. The molecule has 0 aliphatic rings. The first-order chi connectivity index (χ1) is 8.17. The van der Waals surface area contributed by atoms with E-state index in [-0.39, 0.29) is 18.6 Å². The second-order valence-corrected chi connectivity index (χ2v) is 4.05. The van der Waals surface area contributed by atoms with E-state index >= 15 is 0 Å². The lowest BCUT2D eigenvalue weighted by molar-refractivity contribution is -0.120. The van der Waals surface area contributed by atoms with E-state index in [0.717, 1.165) is 12.1 Å². The van der Waals surface area contributed by atoms with Crippen LogP contribution >= 0.6 is 0 Å². The van der Waals surface area contributed by atoms with Gasteiger partial charge in [0.25, 0.3) is 0 Å². The van der Waals surface area contributed by atoms with Gasteiger partial charge in [0, 0.05) is 12.7 Å². The standard InChI is InChI=1S/C13H20N2O2/c1-3-11(10-16)14-13(17)9-15(2)12-7-5-4-6-8-12/h4-8,11,16H,3,9-10H2,1-2H3,(H,14,17). The first-order valence-corrected chi connectivity index (χ1v) is 5.83. The number of para-hydroxylation sites is 1. The lowest BCUT2D eigenvalue weighted by Gasteiger charge is -2.20. The average molecular weight is 236 g/mol. The van der Waals surface area contributed by atoms with Crippen LogP contribution in [0.25, 0.3) is 0 Å². The molecule has 1 unspecified atom stereocenters. The number of nitrogens with one attached hydrogen (secondary N) is 1. The summed E-state index contributed by atoms with van der Waals surface area (Å²) < 4.78 is 0. The summed E-state index contributed by atoms with van der Waals surface area (Å²) in [4.78, 5) is 13.6. The van der Waals surface area contributed by atoms with E-state index in [9.17, 15) is 4.79 Å². The van der Waals surface area contributed by atoms with E-state index in [4.69, 9.17) is 5.11 Å². The van der Waals surface area contributed by atoms with E-state index in [1.165, 1.54) is 0 Å². The van der Waals surface area contributed by atoms with Crippen LogP contribution in [0.2, 0.25) is 0 Å². The summed E-state index contributed by atoms with van der Waals surface area (Å²) in [6.07, 6.45) is 0.733. The number of carbonyl (C=O) groups excluding carboxylic acids is 1. The summed E-state index contributed by atoms with van der Waals surface area (Å²) in [7, 11) is 1.87. The third kappa shape index (κ3) is 4.44. The van der Waals surface area contributed by atoms with Crippen LogP contribution in [-0.2, 0) is 4.79 Å². The number of carbonyl (C=O) groups is 1. The molecule has 17 heavy (non-hydrogen) atoms. The van der Waals surface area contributed by atoms with Gasteiger partial charge in [-0.15, -0.1) is 0 Å². The molecule has 2 N–H and O–H groups in total. The maximum absolute atomic E-state index is 11.7. The maximum atomic E-state index is 11.7. The third-order valence-corrected chi connectivity index (χ3v) is 2.66. The second kappa shape index (κ2) is 6.91. The molecule has 0 bridgehead atoms. The van der Waals surface area contributed by atoms with Crippen molar-refractivity contribution in [1.29, 1.82) is 0 Å². The van der Waals surface area contributed by atoms with Gasteiger partial charge in [0.05, 0.1) is 19.2 Å². The van der Waals surface area contributed by atoms with Crippen molar-refractivity contribution in [2.24, 2.45) is 0 Å². The minimum atomic E-state index is -0.147. The largest absolute Gasteiger partial charge is 0.394 e. The molecule has 4 heteroatoms. The Morgan fingerprint density at radius 1 is 1.41 bits per heavy atom. The van der Waals surface area contributed by atoms with Crippen molar-refractivity contribution in [3.63, 3.8) is 0 Å². The molecule has 0 radical (unpaired) electrons. The topological polar surface area (TPSA) is 52.6 Å². The fourth-order valence-electron chi connectivity index (χ4n) is 1.54. The Bertz CT molecular complexity index is 337. The summed E-state index contributed by atoms with van der Waals surface area (Å²) >= 11 is 0. The molecule has 94 valence electrons. The number of aliphatic hydroxyl groups is 1. The van der Waals surface area contributed by atoms with Gasteiger partial charge in [0.1, 0.15) is 0 Å². The van der Waals surface area contributed by atoms with Crippen LogP contribution in [-0.4, -0.2) is 37.3 Å². The zero-order valence-corrected chi connectivity index (χ0v) is 10.4. The maximum Gasteiger partial charge on any atom is 0.239 e. The monoisotopic (exact) mass is 236 g/mol. The van der Waals surface area contributed by atoms with E-state index in [0.29, 0.717) is 6.54 Å². The Morgan fingerprint density at radius 3 is 2.59 bits per heavy atom. The number of likely N-dealkylation sites (N-methyl/N-ethyl adjacent to an activating group) is 1. The highest BCUT2D eigenvalue weighted by molar-refractivity contribution is 5.81. The van der Waals surface area contributed by atoms with Crippen LogP contribution in [0, 0.1) is 0 Å². The Kier molecular flexibility index (Phi) is 5.49. The molecular formula is C13H20N2O2. The Hall–Kier alpha value is -1.55. The molecule has 1 aromatic rings. The number of benzene rings is 1. The van der Waals surface area contributed by atoms with Gasteiger partial charge in [-0.1, -0.05) is 25.1 Å². The normalized spacial score (nSPS) is 11.9. The summed E-state index contributed by atoms with van der Waals surface area (Å²) in [5, 5.41) is 11.8. The minimum absolute atomic E-state index is 0.0166. The van der Waals surface area contributed by atoms with E-state index < -0.39 is 0 Å². The van der Waals surface area contributed by atoms with Gasteiger partial charge >= 0.3 is 0 Å². The predicted molar refractivity (Wildman–Crippen MR) is 69.0 cm³/mol. The first-order valence-electron chi connectivity index (χ1n) is 5.83. The quantitative estimate of drug-likeness (QED) is 0.775. The number of nitrogens with zero attached hydrogens (tertiary/aromatic N) is 1. The van der Waals surface area contributed by atoms with Crippen LogP contribution in [0.5, 0.6) is 0 Å². The average Bonchev–Trinajstić information content (AvgIpc) is 2.37. The van der Waals surface area contributed by atoms with Crippen molar-refractivity contribution in [1.82, 2.24) is 5.32 Å². The zero-order valence-electron chi connectivity index (χ0n) is 10.4. The number of anilines is 1. The molecule has 0 fully saturated rings. The molecule has 4 nitrogen and oxygen atoms in total. The van der Waals surface area contributed by atoms with Gasteiger partial charge in [-0.05, 0) is 18.6 Å². The van der Waals surface area contributed by atoms with Crippen molar-refractivity contribution in [2.75, 3.05) is 25.1 Å². The van der Waals surface area contributed by atoms with Gasteiger partial charge in [0.2, 0.25) is 5.91 Å². The van der Waals surface area contributed by atoms with Crippen molar-refractivity contribution < 1.29 is 9.90 Å². The molecule has 1 rings (SSSR count). The molecule has 0 heterocycles. The summed E-state index contributed by atoms with van der Waals surface area (Å²) in [6.45, 7) is 2.21. The van der Waals surface area contributed by atoms with Crippen LogP contribution in [0.4, 0.5) is 5.69 Å². The van der Waals surface area contributed by atoms with Crippen LogP contribution < -0.4 is 10.2 Å². The summed E-state index contributed by atoms with van der Waals surface area (Å²) in [6, 6.07) is 9.58. The lowest BCUT2D eigenvalue weighted by Crippen LogP contribution is -2.42. The summed E-state index contributed by atoms with van der Waals surface area (Å²) in [5.41, 5.74) is 1.000. The van der Waals surface area contributed by atoms with Crippen molar-refractivity contribution in [2.45, 2.75) is 19.4 Å². The molecule has 0 aromatic heterocycles. The van der Waals surface area contributed by atoms with Crippen molar-refractivity contribution in [3.8, 4) is 0 Å². The molecule has 0 saturated carbocycles. The zero-order chi connectivity index (χ0) is 12.7. The van der Waals surface area contributed by atoms with E-state index in [1.807, 2.05) is 49.2 Å². The number of hydrogen-bond acceptors (Lipinski definition) is 3.